The fourth-order valence-corrected chi connectivity index (χ4v) is 5.04. The molecule has 3 aromatic rings. The Bertz CT molecular complexity index is 1200. The second kappa shape index (κ2) is 10.8. The molecule has 5 rings (SSSR count). The summed E-state index contributed by atoms with van der Waals surface area (Å²) >= 11 is 0. The van der Waals surface area contributed by atoms with Gasteiger partial charge in [-0.25, -0.2) is 9.97 Å². The Morgan fingerprint density at radius 1 is 1.14 bits per heavy atom. The Balaban J connectivity index is 1.36. The maximum Gasteiger partial charge on any atom is 0.253 e. The van der Waals surface area contributed by atoms with Crippen molar-refractivity contribution in [2.75, 3.05) is 43.5 Å². The normalized spacial score (nSPS) is 17.6. The Kier molecular flexibility index (Phi) is 7.33. The van der Waals surface area contributed by atoms with Gasteiger partial charge in [0.15, 0.2) is 0 Å². The SMILES string of the molecule is COC1CCN(c2nccc(Nc3cc4c(cn3)c(C(=O)NC3CCNCC3)cn4C(C)C)n2)CC1. The Morgan fingerprint density at radius 3 is 2.64 bits per heavy atom. The van der Waals surface area contributed by atoms with Crippen LogP contribution in [0.25, 0.3) is 10.9 Å². The molecule has 0 atom stereocenters. The Hall–Kier alpha value is -3.24. The van der Waals surface area contributed by atoms with Crippen LogP contribution in [0.4, 0.5) is 17.6 Å². The van der Waals surface area contributed by atoms with Crippen LogP contribution >= 0.6 is 0 Å². The molecule has 0 bridgehead atoms. The number of ether oxygens (including phenoxy) is 1. The molecule has 0 spiro atoms. The van der Waals surface area contributed by atoms with E-state index >= 15 is 0 Å². The third kappa shape index (κ3) is 5.29. The summed E-state index contributed by atoms with van der Waals surface area (Å²) in [4.78, 5) is 29.2. The number of anilines is 3. The van der Waals surface area contributed by atoms with Crippen LogP contribution in [0, 0.1) is 0 Å². The van der Waals surface area contributed by atoms with Gasteiger partial charge >= 0.3 is 0 Å². The predicted molar refractivity (Wildman–Crippen MR) is 141 cm³/mol. The first-order valence-electron chi connectivity index (χ1n) is 12.9. The van der Waals surface area contributed by atoms with Gasteiger partial charge in [-0.2, -0.15) is 4.98 Å². The smallest absolute Gasteiger partial charge is 0.253 e. The number of carbonyl (C=O) groups excluding carboxylic acids is 1. The highest BCUT2D eigenvalue weighted by Gasteiger charge is 2.22. The summed E-state index contributed by atoms with van der Waals surface area (Å²) in [5.41, 5.74) is 1.63. The van der Waals surface area contributed by atoms with Crippen LogP contribution in [-0.2, 0) is 4.74 Å². The van der Waals surface area contributed by atoms with Gasteiger partial charge in [-0.05, 0) is 58.7 Å². The zero-order chi connectivity index (χ0) is 25.1. The standard InChI is InChI=1S/C26H36N8O2/c1-17(2)34-16-21(25(35)30-18-4-9-27-10-5-18)20-15-29-24(14-22(20)34)31-23-6-11-28-26(32-23)33-12-7-19(36-3)8-13-33/h6,11,14-19,27H,4-5,7-10,12-13H2,1-3H3,(H,30,35)(H,28,29,31,32). The Labute approximate surface area is 211 Å². The topological polar surface area (TPSA) is 109 Å². The maximum absolute atomic E-state index is 13.1. The first-order valence-corrected chi connectivity index (χ1v) is 12.9. The summed E-state index contributed by atoms with van der Waals surface area (Å²) in [5, 5.41) is 10.7. The fourth-order valence-electron chi connectivity index (χ4n) is 5.04. The molecule has 10 heteroatoms. The molecule has 0 aromatic carbocycles. The van der Waals surface area contributed by atoms with E-state index in [1.54, 1.807) is 19.5 Å². The molecule has 5 heterocycles. The van der Waals surface area contributed by atoms with E-state index in [0.717, 1.165) is 62.8 Å². The van der Waals surface area contributed by atoms with Crippen molar-refractivity contribution in [2.45, 2.75) is 57.7 Å². The van der Waals surface area contributed by atoms with Crippen LogP contribution < -0.4 is 20.9 Å². The van der Waals surface area contributed by atoms with Crippen LogP contribution in [-0.4, -0.2) is 70.9 Å². The molecule has 0 unspecified atom stereocenters. The molecule has 1 amide bonds. The number of aromatic nitrogens is 4. The van der Waals surface area contributed by atoms with Crippen molar-refractivity contribution >= 4 is 34.4 Å². The van der Waals surface area contributed by atoms with E-state index in [2.05, 4.69) is 49.2 Å². The average Bonchev–Trinajstić information content (AvgIpc) is 3.29. The van der Waals surface area contributed by atoms with Crippen LogP contribution in [0.15, 0.2) is 30.7 Å². The number of rotatable bonds is 7. The molecule has 2 saturated heterocycles. The van der Waals surface area contributed by atoms with Gasteiger partial charge in [-0.1, -0.05) is 0 Å². The molecule has 0 aliphatic carbocycles. The van der Waals surface area contributed by atoms with E-state index in [0.29, 0.717) is 29.3 Å². The van der Waals surface area contributed by atoms with E-state index in [1.807, 2.05) is 18.3 Å². The van der Waals surface area contributed by atoms with Gasteiger partial charge in [0.1, 0.15) is 11.6 Å². The number of carbonyl (C=O) groups is 1. The van der Waals surface area contributed by atoms with Crippen molar-refractivity contribution in [2.24, 2.45) is 0 Å². The lowest BCUT2D eigenvalue weighted by Crippen LogP contribution is -2.42. The van der Waals surface area contributed by atoms with E-state index in [4.69, 9.17) is 9.72 Å². The number of hydrogen-bond acceptors (Lipinski definition) is 8. The highest BCUT2D eigenvalue weighted by atomic mass is 16.5. The number of amides is 1. The molecule has 3 N–H and O–H groups in total. The van der Waals surface area contributed by atoms with Crippen LogP contribution in [0.1, 0.15) is 55.9 Å². The first kappa shape index (κ1) is 24.5. The predicted octanol–water partition coefficient (Wildman–Crippen LogP) is 3.25. The lowest BCUT2D eigenvalue weighted by molar-refractivity contribution is 0.0816. The monoisotopic (exact) mass is 492 g/mol. The summed E-state index contributed by atoms with van der Waals surface area (Å²) < 4.78 is 7.61. The lowest BCUT2D eigenvalue weighted by Gasteiger charge is -2.31. The van der Waals surface area contributed by atoms with Gasteiger partial charge in [-0.15, -0.1) is 0 Å². The zero-order valence-corrected chi connectivity index (χ0v) is 21.3. The Morgan fingerprint density at radius 2 is 1.92 bits per heavy atom. The number of piperidine rings is 2. The van der Waals surface area contributed by atoms with E-state index < -0.39 is 0 Å². The number of nitrogens with zero attached hydrogens (tertiary/aromatic N) is 5. The number of methoxy groups -OCH3 is 1. The van der Waals surface area contributed by atoms with Crippen molar-refractivity contribution in [3.63, 3.8) is 0 Å². The lowest BCUT2D eigenvalue weighted by atomic mass is 10.1. The molecule has 10 nitrogen and oxygen atoms in total. The minimum Gasteiger partial charge on any atom is -0.381 e. The second-order valence-corrected chi connectivity index (χ2v) is 9.92. The third-order valence-corrected chi connectivity index (χ3v) is 7.15. The minimum absolute atomic E-state index is 0.0357. The van der Waals surface area contributed by atoms with E-state index in [-0.39, 0.29) is 18.0 Å². The molecule has 2 aliphatic rings. The average molecular weight is 493 g/mol. The molecule has 2 fully saturated rings. The van der Waals surface area contributed by atoms with Gasteiger partial charge in [0.05, 0.1) is 17.2 Å². The first-order chi connectivity index (χ1) is 17.5. The molecule has 192 valence electrons. The van der Waals surface area contributed by atoms with E-state index in [9.17, 15) is 4.79 Å². The fraction of sp³-hybridized carbons (Fsp3) is 0.538. The minimum atomic E-state index is -0.0357. The zero-order valence-electron chi connectivity index (χ0n) is 21.3. The van der Waals surface area contributed by atoms with Crippen molar-refractivity contribution in [1.29, 1.82) is 0 Å². The summed E-state index contributed by atoms with van der Waals surface area (Å²) in [6, 6.07) is 4.24. The highest BCUT2D eigenvalue weighted by molar-refractivity contribution is 6.07. The van der Waals surface area contributed by atoms with Crippen LogP contribution in [0.3, 0.4) is 0 Å². The van der Waals surface area contributed by atoms with E-state index in [1.165, 1.54) is 0 Å². The summed E-state index contributed by atoms with van der Waals surface area (Å²) in [5.74, 6) is 2.03. The molecular formula is C26H36N8O2. The number of pyridine rings is 1. The molecule has 3 aromatic heterocycles. The number of nitrogens with one attached hydrogen (secondary N) is 3. The molecule has 36 heavy (non-hydrogen) atoms. The van der Waals surface area contributed by atoms with Crippen LogP contribution in [0.2, 0.25) is 0 Å². The summed E-state index contributed by atoms with van der Waals surface area (Å²) in [6.07, 6.45) is 9.65. The van der Waals surface area contributed by atoms with Gasteiger partial charge in [0, 0.05) is 62.3 Å². The van der Waals surface area contributed by atoms with Gasteiger partial charge in [0.25, 0.3) is 5.91 Å². The van der Waals surface area contributed by atoms with Gasteiger partial charge in [0.2, 0.25) is 5.95 Å². The third-order valence-electron chi connectivity index (χ3n) is 7.15. The summed E-state index contributed by atoms with van der Waals surface area (Å²) in [6.45, 7) is 7.85. The molecule has 0 saturated carbocycles. The molecular weight excluding hydrogens is 456 g/mol. The van der Waals surface area contributed by atoms with Crippen LogP contribution in [0.5, 0.6) is 0 Å². The van der Waals surface area contributed by atoms with Gasteiger partial charge in [-0.3, -0.25) is 4.79 Å². The van der Waals surface area contributed by atoms with Crippen molar-refractivity contribution < 1.29 is 9.53 Å². The maximum atomic E-state index is 13.1. The molecule has 2 aliphatic heterocycles. The number of fused-ring (bicyclic) bond motifs is 1. The van der Waals surface area contributed by atoms with Crippen molar-refractivity contribution in [3.8, 4) is 0 Å². The number of hydrogen-bond donors (Lipinski definition) is 3. The van der Waals surface area contributed by atoms with Crippen molar-refractivity contribution in [3.05, 3.63) is 36.3 Å². The largest absolute Gasteiger partial charge is 0.381 e. The van der Waals surface area contributed by atoms with Gasteiger partial charge < -0.3 is 30.2 Å². The quantitative estimate of drug-likeness (QED) is 0.461. The second-order valence-electron chi connectivity index (χ2n) is 9.92. The summed E-state index contributed by atoms with van der Waals surface area (Å²) in [7, 11) is 1.77. The highest BCUT2D eigenvalue weighted by Crippen LogP contribution is 2.28. The van der Waals surface area contributed by atoms with Crippen molar-refractivity contribution in [1.82, 2.24) is 30.2 Å². The molecule has 0 radical (unpaired) electrons.